The SMILES string of the molecule is COc1cc(N2CCN(C3CCN(C(=O)OC(C)(C)C)CC3)CC2)ccc1[N+](=O)[O-]. The lowest BCUT2D eigenvalue weighted by molar-refractivity contribution is -0.385. The van der Waals surface area contributed by atoms with Gasteiger partial charge in [0, 0.05) is 63.1 Å². The number of hydrogen-bond donors (Lipinski definition) is 0. The van der Waals surface area contributed by atoms with Gasteiger partial charge in [-0.25, -0.2) is 4.79 Å². The number of ether oxygens (including phenoxy) is 2. The molecule has 9 heteroatoms. The summed E-state index contributed by atoms with van der Waals surface area (Å²) in [5.41, 5.74) is 0.457. The van der Waals surface area contributed by atoms with Gasteiger partial charge < -0.3 is 19.3 Å². The minimum atomic E-state index is -0.467. The maximum Gasteiger partial charge on any atom is 0.410 e. The Balaban J connectivity index is 1.51. The van der Waals surface area contributed by atoms with Crippen LogP contribution in [0.1, 0.15) is 33.6 Å². The molecule has 0 unspecified atom stereocenters. The van der Waals surface area contributed by atoms with Gasteiger partial charge in [-0.15, -0.1) is 0 Å². The molecule has 2 aliphatic rings. The van der Waals surface area contributed by atoms with Crippen LogP contribution in [0.15, 0.2) is 18.2 Å². The Morgan fingerprint density at radius 2 is 1.73 bits per heavy atom. The summed E-state index contributed by atoms with van der Waals surface area (Å²) in [5, 5.41) is 11.1. The number of piperazine rings is 1. The third-order valence-corrected chi connectivity index (χ3v) is 5.67. The van der Waals surface area contributed by atoms with Gasteiger partial charge in [-0.05, 0) is 39.7 Å². The summed E-state index contributed by atoms with van der Waals surface area (Å²) in [6.07, 6.45) is 1.67. The molecule has 0 bridgehead atoms. The fourth-order valence-electron chi connectivity index (χ4n) is 4.10. The van der Waals surface area contributed by atoms with Crippen LogP contribution in [0.25, 0.3) is 0 Å². The number of hydrogen-bond acceptors (Lipinski definition) is 7. The van der Waals surface area contributed by atoms with E-state index in [0.717, 1.165) is 57.8 Å². The van der Waals surface area contributed by atoms with Gasteiger partial charge in [-0.3, -0.25) is 15.0 Å². The van der Waals surface area contributed by atoms with E-state index in [1.54, 1.807) is 17.0 Å². The topological polar surface area (TPSA) is 88.4 Å². The van der Waals surface area contributed by atoms with Crippen LogP contribution in [0.3, 0.4) is 0 Å². The van der Waals surface area contributed by atoms with Crippen molar-refractivity contribution in [3.8, 4) is 5.75 Å². The summed E-state index contributed by atoms with van der Waals surface area (Å²) >= 11 is 0. The van der Waals surface area contributed by atoms with Gasteiger partial charge >= 0.3 is 11.8 Å². The molecule has 0 aliphatic carbocycles. The summed E-state index contributed by atoms with van der Waals surface area (Å²) in [5.74, 6) is 0.287. The second-order valence-electron chi connectivity index (χ2n) is 8.83. The molecule has 0 saturated carbocycles. The quantitative estimate of drug-likeness (QED) is 0.546. The third kappa shape index (κ3) is 5.33. The van der Waals surface area contributed by atoms with Crippen molar-refractivity contribution in [2.24, 2.45) is 0 Å². The summed E-state index contributed by atoms with van der Waals surface area (Å²) in [7, 11) is 1.45. The predicted molar refractivity (Wildman–Crippen MR) is 114 cm³/mol. The first kappa shape index (κ1) is 22.1. The highest BCUT2D eigenvalue weighted by atomic mass is 16.6. The van der Waals surface area contributed by atoms with E-state index in [1.807, 2.05) is 20.8 Å². The molecule has 3 rings (SSSR count). The van der Waals surface area contributed by atoms with E-state index < -0.39 is 10.5 Å². The molecule has 0 atom stereocenters. The molecule has 0 N–H and O–H groups in total. The van der Waals surface area contributed by atoms with Gasteiger partial charge in [0.2, 0.25) is 0 Å². The van der Waals surface area contributed by atoms with Gasteiger partial charge in [0.25, 0.3) is 0 Å². The highest BCUT2D eigenvalue weighted by Crippen LogP contribution is 2.32. The fourth-order valence-corrected chi connectivity index (χ4v) is 4.10. The van der Waals surface area contributed by atoms with Gasteiger partial charge in [0.15, 0.2) is 5.75 Å². The Kier molecular flexibility index (Phi) is 6.70. The van der Waals surface area contributed by atoms with Crippen LogP contribution in [-0.4, -0.2) is 78.8 Å². The molecular formula is C21H32N4O5. The lowest BCUT2D eigenvalue weighted by Crippen LogP contribution is -2.54. The first-order valence-electron chi connectivity index (χ1n) is 10.5. The third-order valence-electron chi connectivity index (χ3n) is 5.67. The van der Waals surface area contributed by atoms with E-state index in [0.29, 0.717) is 6.04 Å². The first-order valence-corrected chi connectivity index (χ1v) is 10.5. The van der Waals surface area contributed by atoms with Crippen molar-refractivity contribution in [3.05, 3.63) is 28.3 Å². The summed E-state index contributed by atoms with van der Waals surface area (Å²) < 4.78 is 10.7. The average molecular weight is 421 g/mol. The van der Waals surface area contributed by atoms with E-state index in [9.17, 15) is 14.9 Å². The van der Waals surface area contributed by atoms with Crippen LogP contribution < -0.4 is 9.64 Å². The van der Waals surface area contributed by atoms with Crippen LogP contribution in [0.5, 0.6) is 5.75 Å². The molecular weight excluding hydrogens is 388 g/mol. The van der Waals surface area contributed by atoms with Crippen molar-refractivity contribution in [3.63, 3.8) is 0 Å². The molecule has 1 aromatic rings. The minimum absolute atomic E-state index is 0.0170. The number of carbonyl (C=O) groups excluding carboxylic acids is 1. The van der Waals surface area contributed by atoms with Crippen molar-refractivity contribution in [1.29, 1.82) is 0 Å². The van der Waals surface area contributed by atoms with Gasteiger partial charge in [-0.1, -0.05) is 0 Å². The van der Waals surface area contributed by atoms with E-state index >= 15 is 0 Å². The normalized spacial score (nSPS) is 18.9. The molecule has 2 heterocycles. The lowest BCUT2D eigenvalue weighted by Gasteiger charge is -2.43. The summed E-state index contributed by atoms with van der Waals surface area (Å²) in [4.78, 5) is 29.4. The summed E-state index contributed by atoms with van der Waals surface area (Å²) in [6.45, 7) is 10.7. The van der Waals surface area contributed by atoms with Gasteiger partial charge in [-0.2, -0.15) is 0 Å². The highest BCUT2D eigenvalue weighted by molar-refractivity contribution is 5.68. The van der Waals surface area contributed by atoms with Crippen LogP contribution in [0.4, 0.5) is 16.2 Å². The highest BCUT2D eigenvalue weighted by Gasteiger charge is 2.31. The van der Waals surface area contributed by atoms with E-state index in [4.69, 9.17) is 9.47 Å². The zero-order valence-corrected chi connectivity index (χ0v) is 18.3. The van der Waals surface area contributed by atoms with E-state index in [1.165, 1.54) is 13.2 Å². The van der Waals surface area contributed by atoms with Crippen molar-refractivity contribution >= 4 is 17.5 Å². The monoisotopic (exact) mass is 420 g/mol. The Morgan fingerprint density at radius 3 is 2.27 bits per heavy atom. The molecule has 2 aliphatic heterocycles. The number of methoxy groups -OCH3 is 1. The minimum Gasteiger partial charge on any atom is -0.490 e. The lowest BCUT2D eigenvalue weighted by atomic mass is 10.0. The molecule has 0 radical (unpaired) electrons. The van der Waals surface area contributed by atoms with Crippen molar-refractivity contribution in [2.75, 3.05) is 51.3 Å². The van der Waals surface area contributed by atoms with Crippen molar-refractivity contribution < 1.29 is 19.2 Å². The molecule has 1 aromatic carbocycles. The number of nitro groups is 1. The maximum absolute atomic E-state index is 12.2. The zero-order valence-electron chi connectivity index (χ0n) is 18.3. The summed E-state index contributed by atoms with van der Waals surface area (Å²) in [6, 6.07) is 5.51. The molecule has 30 heavy (non-hydrogen) atoms. The zero-order chi connectivity index (χ0) is 21.9. The average Bonchev–Trinajstić information content (AvgIpc) is 2.72. The van der Waals surface area contributed by atoms with Crippen LogP contribution in [0, 0.1) is 10.1 Å². The number of likely N-dealkylation sites (tertiary alicyclic amines) is 1. The standard InChI is InChI=1S/C21H32N4O5/c1-21(2,3)30-20(26)24-9-7-16(8-10-24)22-11-13-23(14-12-22)17-5-6-18(25(27)28)19(15-17)29-4/h5-6,15-16H,7-14H2,1-4H3. The second-order valence-corrected chi connectivity index (χ2v) is 8.83. The van der Waals surface area contributed by atoms with E-state index in [2.05, 4.69) is 9.80 Å². The number of nitrogens with zero attached hydrogens (tertiary/aromatic N) is 4. The Labute approximate surface area is 177 Å². The number of anilines is 1. The largest absolute Gasteiger partial charge is 0.490 e. The number of rotatable bonds is 4. The number of piperidine rings is 1. The number of nitro benzene ring substituents is 1. The predicted octanol–water partition coefficient (Wildman–Crippen LogP) is 3.12. The number of amides is 1. The van der Waals surface area contributed by atoms with Gasteiger partial charge in [0.1, 0.15) is 5.60 Å². The number of benzene rings is 1. The first-order chi connectivity index (χ1) is 14.2. The van der Waals surface area contributed by atoms with Crippen molar-refractivity contribution in [2.45, 2.75) is 45.3 Å². The Bertz CT molecular complexity index is 763. The molecule has 2 saturated heterocycles. The molecule has 0 spiro atoms. The van der Waals surface area contributed by atoms with Gasteiger partial charge in [0.05, 0.1) is 12.0 Å². The fraction of sp³-hybridized carbons (Fsp3) is 0.667. The number of carbonyl (C=O) groups is 1. The van der Waals surface area contributed by atoms with Crippen LogP contribution in [-0.2, 0) is 4.74 Å². The molecule has 9 nitrogen and oxygen atoms in total. The molecule has 1 amide bonds. The maximum atomic E-state index is 12.2. The Morgan fingerprint density at radius 1 is 1.10 bits per heavy atom. The van der Waals surface area contributed by atoms with Crippen LogP contribution >= 0.6 is 0 Å². The molecule has 166 valence electrons. The second kappa shape index (κ2) is 9.07. The van der Waals surface area contributed by atoms with E-state index in [-0.39, 0.29) is 17.5 Å². The molecule has 0 aromatic heterocycles. The molecule has 2 fully saturated rings. The smallest absolute Gasteiger partial charge is 0.410 e. The van der Waals surface area contributed by atoms with Crippen LogP contribution in [0.2, 0.25) is 0 Å². The van der Waals surface area contributed by atoms with Crippen molar-refractivity contribution in [1.82, 2.24) is 9.80 Å². The Hall–Kier alpha value is -2.55.